The molecule has 102 valence electrons. The van der Waals surface area contributed by atoms with Crippen LogP contribution in [0.5, 0.6) is 0 Å². The van der Waals surface area contributed by atoms with Crippen LogP contribution in [0, 0.1) is 0 Å². The van der Waals surface area contributed by atoms with E-state index in [4.69, 9.17) is 17.3 Å². The molecule has 0 saturated heterocycles. The molecule has 5 heteroatoms. The van der Waals surface area contributed by atoms with Crippen molar-refractivity contribution in [2.75, 3.05) is 18.5 Å². The van der Waals surface area contributed by atoms with Crippen LogP contribution in [0.25, 0.3) is 0 Å². The van der Waals surface area contributed by atoms with Gasteiger partial charge in [0.1, 0.15) is 0 Å². The van der Waals surface area contributed by atoms with Crippen LogP contribution in [0.3, 0.4) is 0 Å². The first-order valence-electron chi connectivity index (χ1n) is 6.27. The van der Waals surface area contributed by atoms with Crippen LogP contribution in [0.1, 0.15) is 11.1 Å². The van der Waals surface area contributed by atoms with Crippen molar-refractivity contribution in [3.05, 3.63) is 46.7 Å². The number of nitrogens with zero attached hydrogens (tertiary/aromatic N) is 3. The van der Waals surface area contributed by atoms with Gasteiger partial charge < -0.3 is 10.6 Å². The van der Waals surface area contributed by atoms with Crippen molar-refractivity contribution in [2.24, 2.45) is 12.8 Å². The van der Waals surface area contributed by atoms with E-state index in [2.05, 4.69) is 16.1 Å². The summed E-state index contributed by atoms with van der Waals surface area (Å²) in [6.07, 6.45) is 4.70. The normalized spacial score (nSPS) is 10.7. The van der Waals surface area contributed by atoms with Crippen molar-refractivity contribution >= 4 is 17.3 Å². The van der Waals surface area contributed by atoms with E-state index in [1.807, 2.05) is 38.6 Å². The number of aromatic nitrogens is 2. The summed E-state index contributed by atoms with van der Waals surface area (Å²) in [4.78, 5) is 2.15. The van der Waals surface area contributed by atoms with Crippen LogP contribution < -0.4 is 10.6 Å². The Morgan fingerprint density at radius 3 is 2.79 bits per heavy atom. The lowest BCUT2D eigenvalue weighted by molar-refractivity contribution is 0.766. The molecule has 1 heterocycles. The van der Waals surface area contributed by atoms with Crippen molar-refractivity contribution < 1.29 is 0 Å². The molecule has 0 bridgehead atoms. The van der Waals surface area contributed by atoms with Crippen LogP contribution in [-0.2, 0) is 20.0 Å². The van der Waals surface area contributed by atoms with Gasteiger partial charge in [-0.15, -0.1) is 0 Å². The van der Waals surface area contributed by atoms with Gasteiger partial charge in [-0.25, -0.2) is 0 Å². The molecule has 1 aromatic heterocycles. The molecule has 1 aromatic carbocycles. The standard InChI is InChI=1S/C14H19ClN4/c1-18(9-11-8-17-19(2)10-11)13-4-3-12(5-6-16)14(15)7-13/h3-4,7-8,10H,5-6,9,16H2,1-2H3. The quantitative estimate of drug-likeness (QED) is 0.912. The van der Waals surface area contributed by atoms with Gasteiger partial charge in [0.05, 0.1) is 6.20 Å². The summed E-state index contributed by atoms with van der Waals surface area (Å²) in [6.45, 7) is 1.42. The Hall–Kier alpha value is -1.52. The van der Waals surface area contributed by atoms with Gasteiger partial charge in [0, 0.05) is 43.1 Å². The van der Waals surface area contributed by atoms with Gasteiger partial charge in [-0.1, -0.05) is 17.7 Å². The summed E-state index contributed by atoms with van der Waals surface area (Å²) < 4.78 is 1.81. The van der Waals surface area contributed by atoms with E-state index in [0.717, 1.165) is 29.2 Å². The Labute approximate surface area is 118 Å². The predicted molar refractivity (Wildman–Crippen MR) is 79.5 cm³/mol. The third kappa shape index (κ3) is 3.49. The van der Waals surface area contributed by atoms with E-state index >= 15 is 0 Å². The average Bonchev–Trinajstić information content (AvgIpc) is 2.77. The highest BCUT2D eigenvalue weighted by Crippen LogP contribution is 2.24. The minimum Gasteiger partial charge on any atom is -0.370 e. The zero-order valence-corrected chi connectivity index (χ0v) is 12.1. The van der Waals surface area contributed by atoms with Gasteiger partial charge >= 0.3 is 0 Å². The van der Waals surface area contributed by atoms with Crippen molar-refractivity contribution in [2.45, 2.75) is 13.0 Å². The molecule has 0 unspecified atom stereocenters. The van der Waals surface area contributed by atoms with Crippen molar-refractivity contribution in [1.82, 2.24) is 9.78 Å². The van der Waals surface area contributed by atoms with Gasteiger partial charge in [-0.05, 0) is 30.7 Å². The Morgan fingerprint density at radius 2 is 2.21 bits per heavy atom. The Kier molecular flexibility index (Phi) is 4.45. The smallest absolute Gasteiger partial charge is 0.0539 e. The summed E-state index contributed by atoms with van der Waals surface area (Å²) in [5.41, 5.74) is 8.92. The molecular formula is C14H19ClN4. The van der Waals surface area contributed by atoms with Crippen LogP contribution in [0.15, 0.2) is 30.6 Å². The lowest BCUT2D eigenvalue weighted by atomic mass is 10.1. The zero-order chi connectivity index (χ0) is 13.8. The molecule has 19 heavy (non-hydrogen) atoms. The maximum atomic E-state index is 6.26. The monoisotopic (exact) mass is 278 g/mol. The second-order valence-corrected chi connectivity index (χ2v) is 5.10. The minimum absolute atomic E-state index is 0.616. The number of rotatable bonds is 5. The van der Waals surface area contributed by atoms with Crippen LogP contribution in [0.4, 0.5) is 5.69 Å². The maximum absolute atomic E-state index is 6.26. The molecule has 0 spiro atoms. The second-order valence-electron chi connectivity index (χ2n) is 4.69. The first-order valence-corrected chi connectivity index (χ1v) is 6.65. The Morgan fingerprint density at radius 1 is 1.42 bits per heavy atom. The van der Waals surface area contributed by atoms with E-state index < -0.39 is 0 Å². The lowest BCUT2D eigenvalue weighted by Crippen LogP contribution is -2.16. The third-order valence-corrected chi connectivity index (χ3v) is 3.42. The molecule has 0 aliphatic rings. The predicted octanol–water partition coefficient (Wildman–Crippen LogP) is 2.21. The summed E-state index contributed by atoms with van der Waals surface area (Å²) in [6, 6.07) is 6.11. The summed E-state index contributed by atoms with van der Waals surface area (Å²) in [7, 11) is 3.96. The fourth-order valence-electron chi connectivity index (χ4n) is 2.05. The summed E-state index contributed by atoms with van der Waals surface area (Å²) in [5.74, 6) is 0. The van der Waals surface area contributed by atoms with Gasteiger partial charge in [0.25, 0.3) is 0 Å². The van der Waals surface area contributed by atoms with Gasteiger partial charge in [-0.3, -0.25) is 4.68 Å². The number of hydrogen-bond acceptors (Lipinski definition) is 3. The molecule has 2 aromatic rings. The van der Waals surface area contributed by atoms with Gasteiger partial charge in [0.15, 0.2) is 0 Å². The van der Waals surface area contributed by atoms with E-state index in [1.165, 1.54) is 5.56 Å². The first-order chi connectivity index (χ1) is 9.10. The molecule has 2 rings (SSSR count). The van der Waals surface area contributed by atoms with Crippen LogP contribution >= 0.6 is 11.6 Å². The van der Waals surface area contributed by atoms with Crippen molar-refractivity contribution in [3.8, 4) is 0 Å². The summed E-state index contributed by atoms with van der Waals surface area (Å²) >= 11 is 6.26. The van der Waals surface area contributed by atoms with Crippen LogP contribution in [0.2, 0.25) is 5.02 Å². The molecular weight excluding hydrogens is 260 g/mol. The largest absolute Gasteiger partial charge is 0.370 e. The zero-order valence-electron chi connectivity index (χ0n) is 11.3. The Bertz CT molecular complexity index is 550. The minimum atomic E-state index is 0.616. The van der Waals surface area contributed by atoms with E-state index in [9.17, 15) is 0 Å². The van der Waals surface area contributed by atoms with Crippen LogP contribution in [-0.4, -0.2) is 23.4 Å². The highest BCUT2D eigenvalue weighted by molar-refractivity contribution is 6.31. The van der Waals surface area contributed by atoms with E-state index in [0.29, 0.717) is 6.54 Å². The number of hydrogen-bond donors (Lipinski definition) is 1. The van der Waals surface area contributed by atoms with E-state index in [1.54, 1.807) is 4.68 Å². The van der Waals surface area contributed by atoms with Crippen molar-refractivity contribution in [3.63, 3.8) is 0 Å². The first kappa shape index (κ1) is 13.9. The third-order valence-electron chi connectivity index (χ3n) is 3.07. The Balaban J connectivity index is 2.10. The second kappa shape index (κ2) is 6.08. The number of aryl methyl sites for hydroxylation is 1. The molecule has 0 amide bonds. The maximum Gasteiger partial charge on any atom is 0.0539 e. The highest BCUT2D eigenvalue weighted by Gasteiger charge is 2.07. The fraction of sp³-hybridized carbons (Fsp3) is 0.357. The molecule has 0 radical (unpaired) electrons. The molecule has 2 N–H and O–H groups in total. The summed E-state index contributed by atoms with van der Waals surface area (Å²) in [5, 5.41) is 4.95. The van der Waals surface area contributed by atoms with Crippen molar-refractivity contribution in [1.29, 1.82) is 0 Å². The number of nitrogens with two attached hydrogens (primary N) is 1. The topological polar surface area (TPSA) is 47.1 Å². The highest BCUT2D eigenvalue weighted by atomic mass is 35.5. The SMILES string of the molecule is CN(Cc1cnn(C)c1)c1ccc(CCN)c(Cl)c1. The van der Waals surface area contributed by atoms with Gasteiger partial charge in [-0.2, -0.15) is 5.10 Å². The average molecular weight is 279 g/mol. The van der Waals surface area contributed by atoms with Gasteiger partial charge in [0.2, 0.25) is 0 Å². The number of benzene rings is 1. The molecule has 0 aliphatic carbocycles. The molecule has 0 fully saturated rings. The molecule has 0 atom stereocenters. The molecule has 4 nitrogen and oxygen atoms in total. The van der Waals surface area contributed by atoms with E-state index in [-0.39, 0.29) is 0 Å². The molecule has 0 saturated carbocycles. The molecule has 0 aliphatic heterocycles. The lowest BCUT2D eigenvalue weighted by Gasteiger charge is -2.19. The number of anilines is 1. The number of halogens is 1. The fourth-order valence-corrected chi connectivity index (χ4v) is 2.32.